The normalized spacial score (nSPS) is 10.6. The number of rotatable bonds is 10. The van der Waals surface area contributed by atoms with E-state index >= 15 is 0 Å². The van der Waals surface area contributed by atoms with Crippen molar-refractivity contribution in [3.05, 3.63) is 67.8 Å². The molecule has 2 rings (SSSR count). The molecule has 0 fully saturated rings. The Bertz CT molecular complexity index is 1160. The van der Waals surface area contributed by atoms with E-state index in [1.165, 1.54) is 13.0 Å². The molecule has 0 aliphatic heterocycles. The molecule has 210 valence electrons. The maximum Gasteiger partial charge on any atom is 0.377 e. The lowest BCUT2D eigenvalue weighted by Gasteiger charge is -2.08. The lowest BCUT2D eigenvalue weighted by atomic mass is 10.1. The predicted molar refractivity (Wildman–Crippen MR) is 120 cm³/mol. The van der Waals surface area contributed by atoms with Gasteiger partial charge >= 0.3 is 35.1 Å². The molecule has 16 nitrogen and oxygen atoms in total. The summed E-state index contributed by atoms with van der Waals surface area (Å²) in [7, 11) is 0. The minimum Gasteiger partial charge on any atom is -0.435 e. The number of aliphatic hydroxyl groups excluding tert-OH is 2. The fraction of sp³-hybridized carbons (Fsp3) is 0.364. The Morgan fingerprint density at radius 2 is 1.34 bits per heavy atom. The van der Waals surface area contributed by atoms with Crippen molar-refractivity contribution in [2.45, 2.75) is 33.8 Å². The average Bonchev–Trinajstić information content (AvgIpc) is 2.87. The van der Waals surface area contributed by atoms with Crippen LogP contribution in [0.3, 0.4) is 0 Å². The maximum absolute atomic E-state index is 11.6. The van der Waals surface area contributed by atoms with E-state index in [0.717, 1.165) is 18.2 Å². The fourth-order valence-electron chi connectivity index (χ4n) is 2.18. The van der Waals surface area contributed by atoms with Crippen molar-refractivity contribution < 1.29 is 67.3 Å². The third-order valence-electron chi connectivity index (χ3n) is 3.92. The van der Waals surface area contributed by atoms with Crippen LogP contribution in [0.4, 0.5) is 0 Å². The Hall–Kier alpha value is -4.38. The van der Waals surface area contributed by atoms with Gasteiger partial charge in [0.2, 0.25) is 18.3 Å². The molecule has 2 aromatic rings. The quantitative estimate of drug-likeness (QED) is 0.122. The average molecular weight is 546 g/mol. The molecule has 2 heterocycles. The molecule has 38 heavy (non-hydrogen) atoms. The first-order chi connectivity index (χ1) is 17.6. The topological polar surface area (TPSA) is 236 Å². The Morgan fingerprint density at radius 1 is 0.816 bits per heavy atom. The molecule has 1 atom stereocenters. The Balaban J connectivity index is 0.000000711. The minimum absolute atomic E-state index is 0. The van der Waals surface area contributed by atoms with Crippen LogP contribution < -0.4 is 11.3 Å². The highest BCUT2D eigenvalue weighted by molar-refractivity contribution is 5.93. The molecule has 0 amide bonds. The number of esters is 4. The Labute approximate surface area is 213 Å². The van der Waals surface area contributed by atoms with E-state index in [9.17, 15) is 28.8 Å². The van der Waals surface area contributed by atoms with Gasteiger partial charge in [-0.1, -0.05) is 14.4 Å². The molecule has 1 unspecified atom stereocenters. The van der Waals surface area contributed by atoms with Crippen LogP contribution in [0.1, 0.15) is 70.8 Å². The molecule has 2 aromatic heterocycles. The first-order valence-electron chi connectivity index (χ1n) is 10.0. The van der Waals surface area contributed by atoms with Crippen LogP contribution >= 0.6 is 0 Å². The second-order valence-corrected chi connectivity index (χ2v) is 6.39. The van der Waals surface area contributed by atoms with Crippen molar-refractivity contribution in [3.8, 4) is 0 Å². The number of aliphatic hydroxyl groups is 2. The SMILES string of the molecule is C.CCC(=O)OCOC(=O)c1cc(C(C)OO)cc(=O)o1.O=C(OCO)c1cc(C(=O)OCO)oc(=O)c1. The van der Waals surface area contributed by atoms with Gasteiger partial charge in [-0.2, -0.15) is 0 Å². The number of hydrogen-bond acceptors (Lipinski definition) is 16. The summed E-state index contributed by atoms with van der Waals surface area (Å²) in [6.45, 7) is 0.713. The number of carbonyl (C=O) groups excluding carboxylic acids is 4. The van der Waals surface area contributed by atoms with Crippen molar-refractivity contribution >= 4 is 23.9 Å². The summed E-state index contributed by atoms with van der Waals surface area (Å²) in [6.07, 6.45) is -0.670. The summed E-state index contributed by atoms with van der Waals surface area (Å²) in [4.78, 5) is 71.0. The first kappa shape index (κ1) is 33.6. The van der Waals surface area contributed by atoms with Crippen LogP contribution in [0.5, 0.6) is 0 Å². The molecular weight excluding hydrogens is 520 g/mol. The van der Waals surface area contributed by atoms with Gasteiger partial charge in [-0.3, -0.25) is 10.1 Å². The van der Waals surface area contributed by atoms with E-state index in [1.807, 2.05) is 0 Å². The van der Waals surface area contributed by atoms with Crippen LogP contribution in [-0.2, 0) is 28.6 Å². The molecule has 3 N–H and O–H groups in total. The van der Waals surface area contributed by atoms with Crippen LogP contribution in [0.15, 0.2) is 42.7 Å². The lowest BCUT2D eigenvalue weighted by Crippen LogP contribution is -2.15. The summed E-state index contributed by atoms with van der Waals surface area (Å²) < 4.78 is 26.6. The monoisotopic (exact) mass is 546 g/mol. The van der Waals surface area contributed by atoms with E-state index in [1.54, 1.807) is 6.92 Å². The van der Waals surface area contributed by atoms with Gasteiger partial charge in [0.05, 0.1) is 5.56 Å². The molecule has 0 bridgehead atoms. The van der Waals surface area contributed by atoms with Gasteiger partial charge in [0, 0.05) is 24.6 Å². The van der Waals surface area contributed by atoms with Gasteiger partial charge in [0.1, 0.15) is 6.10 Å². The van der Waals surface area contributed by atoms with E-state index in [2.05, 4.69) is 32.7 Å². The molecular formula is C22H26O16. The first-order valence-corrected chi connectivity index (χ1v) is 10.0. The van der Waals surface area contributed by atoms with Gasteiger partial charge in [0.15, 0.2) is 13.6 Å². The third kappa shape index (κ3) is 11.1. The second-order valence-electron chi connectivity index (χ2n) is 6.39. The summed E-state index contributed by atoms with van der Waals surface area (Å²) in [6, 6.07) is 3.94. The van der Waals surface area contributed by atoms with Crippen LogP contribution in [-0.4, -0.2) is 59.7 Å². The zero-order valence-electron chi connectivity index (χ0n) is 19.4. The highest BCUT2D eigenvalue weighted by atomic mass is 17.1. The molecule has 0 saturated carbocycles. The molecule has 0 radical (unpaired) electrons. The van der Waals surface area contributed by atoms with Crippen molar-refractivity contribution in [2.24, 2.45) is 0 Å². The summed E-state index contributed by atoms with van der Waals surface area (Å²) in [5.74, 6) is -4.56. The highest BCUT2D eigenvalue weighted by Crippen LogP contribution is 2.15. The summed E-state index contributed by atoms with van der Waals surface area (Å²) in [5, 5.41) is 25.2. The van der Waals surface area contributed by atoms with Gasteiger partial charge in [-0.15, -0.1) is 0 Å². The Morgan fingerprint density at radius 3 is 1.89 bits per heavy atom. The highest BCUT2D eigenvalue weighted by Gasteiger charge is 2.17. The third-order valence-corrected chi connectivity index (χ3v) is 3.92. The van der Waals surface area contributed by atoms with Crippen molar-refractivity contribution in [1.29, 1.82) is 0 Å². The number of hydrogen-bond donors (Lipinski definition) is 3. The maximum atomic E-state index is 11.6. The van der Waals surface area contributed by atoms with Gasteiger partial charge in [-0.25, -0.2) is 28.9 Å². The zero-order valence-corrected chi connectivity index (χ0v) is 19.4. The Kier molecular flexibility index (Phi) is 15.2. The van der Waals surface area contributed by atoms with Crippen LogP contribution in [0.2, 0.25) is 0 Å². The molecule has 0 aliphatic rings. The molecule has 0 spiro atoms. The van der Waals surface area contributed by atoms with E-state index in [-0.39, 0.29) is 30.7 Å². The minimum atomic E-state index is -1.11. The van der Waals surface area contributed by atoms with Crippen molar-refractivity contribution in [3.63, 3.8) is 0 Å². The summed E-state index contributed by atoms with van der Waals surface area (Å²) in [5.41, 5.74) is -1.81. The predicted octanol–water partition coefficient (Wildman–Crippen LogP) is 0.747. The number of ether oxygens (including phenoxy) is 4. The zero-order chi connectivity index (χ0) is 28.0. The number of carbonyl (C=O) groups is 4. The van der Waals surface area contributed by atoms with Gasteiger partial charge in [-0.05, 0) is 18.6 Å². The molecule has 0 saturated heterocycles. The standard InChI is InChI=1S/C12H14O8.C9H8O8.CH4/c1-3-10(13)17-6-18-12(15)9-4-8(7(2)20-16)5-11(14)19-9;10-3-15-8(13)5-1-6(9(14)16-4-11)17-7(12)2-5;/h4-5,7,16H,3,6H2,1-2H3;1-2,10-11H,3-4H2;1H4. The largest absolute Gasteiger partial charge is 0.435 e. The molecule has 0 aliphatic carbocycles. The van der Waals surface area contributed by atoms with E-state index in [4.69, 9.17) is 15.5 Å². The summed E-state index contributed by atoms with van der Waals surface area (Å²) >= 11 is 0. The van der Waals surface area contributed by atoms with E-state index in [0.29, 0.717) is 0 Å². The molecule has 16 heteroatoms. The second kappa shape index (κ2) is 17.1. The smallest absolute Gasteiger partial charge is 0.377 e. The fourth-order valence-corrected chi connectivity index (χ4v) is 2.18. The van der Waals surface area contributed by atoms with Crippen LogP contribution in [0, 0.1) is 0 Å². The van der Waals surface area contributed by atoms with Gasteiger partial charge < -0.3 is 38.0 Å². The molecule has 0 aromatic carbocycles. The van der Waals surface area contributed by atoms with Gasteiger partial charge in [0.25, 0.3) is 0 Å². The van der Waals surface area contributed by atoms with Crippen molar-refractivity contribution in [1.82, 2.24) is 0 Å². The van der Waals surface area contributed by atoms with Crippen LogP contribution in [0.25, 0.3) is 0 Å². The van der Waals surface area contributed by atoms with E-state index < -0.39 is 67.4 Å². The lowest BCUT2D eigenvalue weighted by molar-refractivity contribution is -0.277. The van der Waals surface area contributed by atoms with Crippen molar-refractivity contribution in [2.75, 3.05) is 20.4 Å².